The molecule has 1 rings (SSSR count). The molecule has 1 N–H and O–H groups in total. The number of hydrogen-bond donors (Lipinski definition) is 1. The molecular weight excluding hydrogens is 298 g/mol. The van der Waals surface area contributed by atoms with Gasteiger partial charge in [0.05, 0.1) is 0 Å². The van der Waals surface area contributed by atoms with Gasteiger partial charge in [-0.05, 0) is 31.0 Å². The SMILES string of the molecule is CC(C(=O)O)C(=O)N(C)CCc1cccc(Br)c1. The van der Waals surface area contributed by atoms with Gasteiger partial charge in [-0.1, -0.05) is 28.1 Å². The van der Waals surface area contributed by atoms with E-state index in [0.29, 0.717) is 13.0 Å². The topological polar surface area (TPSA) is 57.6 Å². The zero-order chi connectivity index (χ0) is 13.7. The van der Waals surface area contributed by atoms with Crippen LogP contribution in [0.15, 0.2) is 28.7 Å². The highest BCUT2D eigenvalue weighted by Gasteiger charge is 2.23. The Morgan fingerprint density at radius 3 is 2.67 bits per heavy atom. The number of carboxylic acid groups (broad SMARTS) is 1. The Morgan fingerprint density at radius 2 is 2.11 bits per heavy atom. The van der Waals surface area contributed by atoms with Gasteiger partial charge in [0.2, 0.25) is 5.91 Å². The first-order valence-electron chi connectivity index (χ1n) is 5.64. The smallest absolute Gasteiger partial charge is 0.315 e. The van der Waals surface area contributed by atoms with E-state index in [-0.39, 0.29) is 5.91 Å². The number of nitrogens with zero attached hydrogens (tertiary/aromatic N) is 1. The Labute approximate surface area is 115 Å². The summed E-state index contributed by atoms with van der Waals surface area (Å²) < 4.78 is 0.993. The molecule has 0 heterocycles. The summed E-state index contributed by atoms with van der Waals surface area (Å²) in [4.78, 5) is 23.9. The summed E-state index contributed by atoms with van der Waals surface area (Å²) in [5.41, 5.74) is 1.10. The van der Waals surface area contributed by atoms with Crippen molar-refractivity contribution in [2.75, 3.05) is 13.6 Å². The van der Waals surface area contributed by atoms with Crippen LogP contribution in [-0.2, 0) is 16.0 Å². The summed E-state index contributed by atoms with van der Waals surface area (Å²) >= 11 is 3.38. The number of hydrogen-bond acceptors (Lipinski definition) is 2. The minimum Gasteiger partial charge on any atom is -0.481 e. The average molecular weight is 314 g/mol. The molecule has 0 saturated heterocycles. The van der Waals surface area contributed by atoms with Gasteiger partial charge in [-0.25, -0.2) is 0 Å². The molecule has 5 heteroatoms. The standard InChI is InChI=1S/C13H16BrNO3/c1-9(13(17)18)12(16)15(2)7-6-10-4-3-5-11(14)8-10/h3-5,8-9H,6-7H2,1-2H3,(H,17,18). The van der Waals surface area contributed by atoms with Gasteiger partial charge >= 0.3 is 5.97 Å². The number of aliphatic carboxylic acids is 1. The van der Waals surface area contributed by atoms with Crippen LogP contribution >= 0.6 is 15.9 Å². The van der Waals surface area contributed by atoms with Crippen LogP contribution in [0.3, 0.4) is 0 Å². The molecule has 0 saturated carbocycles. The van der Waals surface area contributed by atoms with Gasteiger partial charge in [-0.15, -0.1) is 0 Å². The normalized spacial score (nSPS) is 11.9. The van der Waals surface area contributed by atoms with E-state index in [9.17, 15) is 9.59 Å². The van der Waals surface area contributed by atoms with E-state index in [1.807, 2.05) is 24.3 Å². The van der Waals surface area contributed by atoms with Crippen molar-refractivity contribution < 1.29 is 14.7 Å². The molecule has 0 aliphatic carbocycles. The highest BCUT2D eigenvalue weighted by molar-refractivity contribution is 9.10. The van der Waals surface area contributed by atoms with Crippen LogP contribution in [0.1, 0.15) is 12.5 Å². The van der Waals surface area contributed by atoms with E-state index in [0.717, 1.165) is 10.0 Å². The Kier molecular flexibility index (Phi) is 5.34. The summed E-state index contributed by atoms with van der Waals surface area (Å²) in [5, 5.41) is 8.77. The van der Waals surface area contributed by atoms with Gasteiger partial charge in [0, 0.05) is 18.1 Å². The van der Waals surface area contributed by atoms with Gasteiger partial charge in [0.15, 0.2) is 0 Å². The lowest BCUT2D eigenvalue weighted by molar-refractivity contribution is -0.149. The average Bonchev–Trinajstić information content (AvgIpc) is 2.34. The molecule has 1 atom stereocenters. The second kappa shape index (κ2) is 6.54. The lowest BCUT2D eigenvalue weighted by Crippen LogP contribution is -2.36. The van der Waals surface area contributed by atoms with Crippen molar-refractivity contribution in [3.63, 3.8) is 0 Å². The van der Waals surface area contributed by atoms with Crippen molar-refractivity contribution in [1.29, 1.82) is 0 Å². The van der Waals surface area contributed by atoms with Gasteiger partial charge in [-0.3, -0.25) is 9.59 Å². The van der Waals surface area contributed by atoms with Crippen molar-refractivity contribution in [2.24, 2.45) is 5.92 Å². The summed E-state index contributed by atoms with van der Waals surface area (Å²) in [6.45, 7) is 1.91. The molecule has 0 fully saturated rings. The third kappa shape index (κ3) is 4.14. The van der Waals surface area contributed by atoms with E-state index in [4.69, 9.17) is 5.11 Å². The van der Waals surface area contributed by atoms with E-state index in [1.54, 1.807) is 7.05 Å². The molecule has 0 aromatic heterocycles. The molecule has 1 unspecified atom stereocenters. The fraction of sp³-hybridized carbons (Fsp3) is 0.385. The number of carbonyl (C=O) groups is 2. The lowest BCUT2D eigenvalue weighted by Gasteiger charge is -2.19. The third-order valence-corrected chi connectivity index (χ3v) is 3.24. The van der Waals surface area contributed by atoms with Gasteiger partial charge in [0.25, 0.3) is 0 Å². The molecule has 0 aliphatic rings. The highest BCUT2D eigenvalue weighted by Crippen LogP contribution is 2.12. The maximum Gasteiger partial charge on any atom is 0.315 e. The molecular formula is C13H16BrNO3. The second-order valence-electron chi connectivity index (χ2n) is 4.20. The predicted molar refractivity (Wildman–Crippen MR) is 72.3 cm³/mol. The fourth-order valence-electron chi connectivity index (χ4n) is 1.54. The van der Waals surface area contributed by atoms with Crippen molar-refractivity contribution in [3.8, 4) is 0 Å². The molecule has 1 amide bonds. The molecule has 98 valence electrons. The first-order chi connectivity index (χ1) is 8.41. The van der Waals surface area contributed by atoms with Crippen LogP contribution < -0.4 is 0 Å². The van der Waals surface area contributed by atoms with Crippen LogP contribution in [0.5, 0.6) is 0 Å². The number of rotatable bonds is 5. The maximum absolute atomic E-state index is 11.7. The van der Waals surface area contributed by atoms with Crippen LogP contribution in [0.4, 0.5) is 0 Å². The molecule has 0 radical (unpaired) electrons. The molecule has 4 nitrogen and oxygen atoms in total. The Balaban J connectivity index is 2.53. The molecule has 0 bridgehead atoms. The van der Waals surface area contributed by atoms with Crippen LogP contribution in [0, 0.1) is 5.92 Å². The molecule has 0 spiro atoms. The molecule has 0 aliphatic heterocycles. The molecule has 1 aromatic rings. The van der Waals surface area contributed by atoms with Crippen LogP contribution in [0.25, 0.3) is 0 Å². The van der Waals surface area contributed by atoms with Gasteiger partial charge in [-0.2, -0.15) is 0 Å². The number of carboxylic acids is 1. The number of amides is 1. The van der Waals surface area contributed by atoms with E-state index < -0.39 is 11.9 Å². The van der Waals surface area contributed by atoms with Crippen LogP contribution in [0.2, 0.25) is 0 Å². The Bertz CT molecular complexity index is 448. The Morgan fingerprint density at radius 1 is 1.44 bits per heavy atom. The number of carbonyl (C=O) groups excluding carboxylic acids is 1. The van der Waals surface area contributed by atoms with Crippen molar-refractivity contribution in [2.45, 2.75) is 13.3 Å². The molecule has 18 heavy (non-hydrogen) atoms. The van der Waals surface area contributed by atoms with Crippen molar-refractivity contribution in [3.05, 3.63) is 34.3 Å². The number of likely N-dealkylation sites (N-methyl/N-ethyl adjacent to an activating group) is 1. The highest BCUT2D eigenvalue weighted by atomic mass is 79.9. The summed E-state index contributed by atoms with van der Waals surface area (Å²) in [6, 6.07) is 7.83. The maximum atomic E-state index is 11.7. The zero-order valence-electron chi connectivity index (χ0n) is 10.4. The lowest BCUT2D eigenvalue weighted by atomic mass is 10.1. The van der Waals surface area contributed by atoms with Crippen molar-refractivity contribution >= 4 is 27.8 Å². The van der Waals surface area contributed by atoms with Gasteiger partial charge in [0.1, 0.15) is 5.92 Å². The Hall–Kier alpha value is -1.36. The first kappa shape index (κ1) is 14.7. The summed E-state index contributed by atoms with van der Waals surface area (Å²) in [6.07, 6.45) is 0.702. The van der Waals surface area contributed by atoms with Crippen molar-refractivity contribution in [1.82, 2.24) is 4.90 Å². The van der Waals surface area contributed by atoms with E-state index in [1.165, 1.54) is 11.8 Å². The zero-order valence-corrected chi connectivity index (χ0v) is 12.0. The van der Waals surface area contributed by atoms with E-state index >= 15 is 0 Å². The largest absolute Gasteiger partial charge is 0.481 e. The van der Waals surface area contributed by atoms with E-state index in [2.05, 4.69) is 15.9 Å². The minimum absolute atomic E-state index is 0.363. The third-order valence-electron chi connectivity index (χ3n) is 2.74. The quantitative estimate of drug-likeness (QED) is 0.848. The second-order valence-corrected chi connectivity index (χ2v) is 5.12. The predicted octanol–water partition coefficient (Wildman–Crippen LogP) is 2.17. The summed E-state index contributed by atoms with van der Waals surface area (Å²) in [7, 11) is 1.62. The monoisotopic (exact) mass is 313 g/mol. The number of halogens is 1. The first-order valence-corrected chi connectivity index (χ1v) is 6.43. The molecule has 1 aromatic carbocycles. The summed E-state index contributed by atoms with van der Waals surface area (Å²) in [5.74, 6) is -2.44. The fourth-order valence-corrected chi connectivity index (χ4v) is 1.98. The number of benzene rings is 1. The van der Waals surface area contributed by atoms with Gasteiger partial charge < -0.3 is 10.0 Å². The van der Waals surface area contributed by atoms with Crippen LogP contribution in [-0.4, -0.2) is 35.5 Å². The minimum atomic E-state index is -1.09.